The van der Waals surface area contributed by atoms with Crippen LogP contribution >= 0.6 is 23.6 Å². The van der Waals surface area contributed by atoms with E-state index in [0.29, 0.717) is 11.3 Å². The molecule has 0 radical (unpaired) electrons. The summed E-state index contributed by atoms with van der Waals surface area (Å²) < 4.78 is 9.59. The van der Waals surface area contributed by atoms with Gasteiger partial charge in [0.2, 0.25) is 5.91 Å². The first-order valence-corrected chi connectivity index (χ1v) is 10.9. The van der Waals surface area contributed by atoms with Gasteiger partial charge in [0.05, 0.1) is 12.0 Å². The number of aryl methyl sites for hydroxylation is 1. The van der Waals surface area contributed by atoms with E-state index in [1.54, 1.807) is 24.6 Å². The Morgan fingerprint density at radius 2 is 2.23 bits per heavy atom. The predicted octanol–water partition coefficient (Wildman–Crippen LogP) is 3.71. The van der Waals surface area contributed by atoms with Gasteiger partial charge in [0.15, 0.2) is 10.6 Å². The van der Waals surface area contributed by atoms with Gasteiger partial charge in [0.1, 0.15) is 17.6 Å². The molecule has 1 aromatic carbocycles. The topological polar surface area (TPSA) is 89.8 Å². The number of nitrogens with one attached hydrogen (secondary N) is 2. The number of nitrogens with zero attached hydrogens (tertiary/aromatic N) is 4. The maximum Gasteiger partial charge on any atom is 0.222 e. The minimum Gasteiger partial charge on any atom is -0.497 e. The van der Waals surface area contributed by atoms with Crippen LogP contribution in [0, 0.1) is 4.77 Å². The second kappa shape index (κ2) is 9.27. The summed E-state index contributed by atoms with van der Waals surface area (Å²) in [6, 6.07) is 11.1. The van der Waals surface area contributed by atoms with Crippen molar-refractivity contribution in [3.05, 3.63) is 70.3 Å². The quantitative estimate of drug-likeness (QED) is 0.396. The highest BCUT2D eigenvalue weighted by Crippen LogP contribution is 2.25. The molecule has 0 fully saturated rings. The van der Waals surface area contributed by atoms with Gasteiger partial charge < -0.3 is 14.6 Å². The molecular formula is C21H22N6O2S2. The molecule has 31 heavy (non-hydrogen) atoms. The Kier molecular flexibility index (Phi) is 6.28. The van der Waals surface area contributed by atoms with Crippen LogP contribution < -0.4 is 10.1 Å². The first-order chi connectivity index (χ1) is 15.1. The summed E-state index contributed by atoms with van der Waals surface area (Å²) >= 11 is 6.94. The zero-order chi connectivity index (χ0) is 21.8. The Bertz CT molecular complexity index is 1220. The molecule has 2 N–H and O–H groups in total. The fourth-order valence-electron chi connectivity index (χ4n) is 3.34. The van der Waals surface area contributed by atoms with Crippen LogP contribution in [0.15, 0.2) is 54.2 Å². The third-order valence-electron chi connectivity index (χ3n) is 4.91. The van der Waals surface area contributed by atoms with E-state index in [9.17, 15) is 4.79 Å². The zero-order valence-corrected chi connectivity index (χ0v) is 18.7. The molecule has 3 heterocycles. The van der Waals surface area contributed by atoms with Crippen molar-refractivity contribution in [1.82, 2.24) is 29.6 Å². The normalized spacial score (nSPS) is 11.9. The van der Waals surface area contributed by atoms with Gasteiger partial charge in [-0.3, -0.25) is 14.5 Å². The summed E-state index contributed by atoms with van der Waals surface area (Å²) in [4.78, 5) is 18.4. The lowest BCUT2D eigenvalue weighted by Gasteiger charge is -2.20. The third kappa shape index (κ3) is 4.59. The van der Waals surface area contributed by atoms with Crippen LogP contribution in [0.2, 0.25) is 0 Å². The van der Waals surface area contributed by atoms with Crippen molar-refractivity contribution in [3.8, 4) is 16.5 Å². The van der Waals surface area contributed by atoms with Gasteiger partial charge in [-0.25, -0.2) is 4.98 Å². The standard InChI is InChI=1S/C21H22N6O2S2/c1-26-11-9-22-20(26)18(14-5-3-6-15(13-14)29-2)23-17(28)8-10-27-19(24-25-21(27)30)16-7-4-12-31-16/h3-7,9,11-13,18H,8,10H2,1-2H3,(H,23,28)(H,25,30). The highest BCUT2D eigenvalue weighted by Gasteiger charge is 2.21. The second-order valence-corrected chi connectivity index (χ2v) is 8.24. The number of carbonyl (C=O) groups excluding carboxylic acids is 1. The molecular weight excluding hydrogens is 432 g/mol. The molecule has 1 unspecified atom stereocenters. The van der Waals surface area contributed by atoms with Crippen LogP contribution in [-0.2, 0) is 18.4 Å². The number of aromatic nitrogens is 5. The van der Waals surface area contributed by atoms with Crippen molar-refractivity contribution < 1.29 is 9.53 Å². The molecule has 4 aromatic rings. The third-order valence-corrected chi connectivity index (χ3v) is 6.09. The van der Waals surface area contributed by atoms with E-state index < -0.39 is 6.04 Å². The average Bonchev–Trinajstić information content (AvgIpc) is 3.52. The van der Waals surface area contributed by atoms with Crippen molar-refractivity contribution in [2.45, 2.75) is 19.0 Å². The Morgan fingerprint density at radius 1 is 1.35 bits per heavy atom. The molecule has 3 aromatic heterocycles. The molecule has 0 aliphatic carbocycles. The van der Waals surface area contributed by atoms with Gasteiger partial charge in [0.25, 0.3) is 0 Å². The summed E-state index contributed by atoms with van der Waals surface area (Å²) in [5.74, 6) is 2.08. The summed E-state index contributed by atoms with van der Waals surface area (Å²) in [6.45, 7) is 0.416. The van der Waals surface area contributed by atoms with Gasteiger partial charge in [-0.2, -0.15) is 5.10 Å². The number of benzene rings is 1. The lowest BCUT2D eigenvalue weighted by Crippen LogP contribution is -2.31. The van der Waals surface area contributed by atoms with Crippen LogP contribution in [0.4, 0.5) is 0 Å². The van der Waals surface area contributed by atoms with Crippen LogP contribution in [-0.4, -0.2) is 37.3 Å². The lowest BCUT2D eigenvalue weighted by atomic mass is 10.1. The van der Waals surface area contributed by atoms with Crippen LogP contribution in [0.5, 0.6) is 5.75 Å². The van der Waals surface area contributed by atoms with E-state index >= 15 is 0 Å². The SMILES string of the molecule is COc1cccc(C(NC(=O)CCn2c(-c3cccs3)n[nH]c2=S)c2nccn2C)c1. The molecule has 0 spiro atoms. The van der Waals surface area contributed by atoms with E-state index in [1.807, 2.05) is 64.2 Å². The smallest absolute Gasteiger partial charge is 0.222 e. The zero-order valence-electron chi connectivity index (χ0n) is 17.1. The van der Waals surface area contributed by atoms with Crippen molar-refractivity contribution in [3.63, 3.8) is 0 Å². The Balaban J connectivity index is 1.53. The Morgan fingerprint density at radius 3 is 2.94 bits per heavy atom. The number of aromatic amines is 1. The first-order valence-electron chi connectivity index (χ1n) is 9.66. The van der Waals surface area contributed by atoms with Crippen molar-refractivity contribution in [1.29, 1.82) is 0 Å². The molecule has 0 saturated heterocycles. The number of H-pyrrole nitrogens is 1. The van der Waals surface area contributed by atoms with Gasteiger partial charge in [0, 0.05) is 32.4 Å². The van der Waals surface area contributed by atoms with Gasteiger partial charge >= 0.3 is 0 Å². The van der Waals surface area contributed by atoms with E-state index in [4.69, 9.17) is 17.0 Å². The van der Waals surface area contributed by atoms with Crippen LogP contribution in [0.3, 0.4) is 0 Å². The number of ether oxygens (including phenoxy) is 1. The monoisotopic (exact) mass is 454 g/mol. The van der Waals surface area contributed by atoms with Gasteiger partial charge in [-0.15, -0.1) is 11.3 Å². The molecule has 0 bridgehead atoms. The van der Waals surface area contributed by atoms with Gasteiger partial charge in [-0.05, 0) is 41.4 Å². The summed E-state index contributed by atoms with van der Waals surface area (Å²) in [6.07, 6.45) is 3.82. The minimum atomic E-state index is -0.406. The Labute approximate surface area is 188 Å². The number of rotatable bonds is 8. The van der Waals surface area contributed by atoms with Crippen molar-refractivity contribution in [2.24, 2.45) is 7.05 Å². The van der Waals surface area contributed by atoms with E-state index in [1.165, 1.54) is 0 Å². The Hall–Kier alpha value is -3.24. The lowest BCUT2D eigenvalue weighted by molar-refractivity contribution is -0.121. The maximum atomic E-state index is 12.9. The number of methoxy groups -OCH3 is 1. The predicted molar refractivity (Wildman–Crippen MR) is 122 cm³/mol. The highest BCUT2D eigenvalue weighted by atomic mass is 32.1. The molecule has 4 rings (SSSR count). The number of amides is 1. The largest absolute Gasteiger partial charge is 0.497 e. The highest BCUT2D eigenvalue weighted by molar-refractivity contribution is 7.71. The average molecular weight is 455 g/mol. The van der Waals surface area contributed by atoms with Crippen LogP contribution in [0.25, 0.3) is 10.7 Å². The fraction of sp³-hybridized carbons (Fsp3) is 0.238. The maximum absolute atomic E-state index is 12.9. The van der Waals surface area contributed by atoms with Crippen LogP contribution in [0.1, 0.15) is 23.9 Å². The summed E-state index contributed by atoms with van der Waals surface area (Å²) in [5.41, 5.74) is 0.890. The fourth-order valence-corrected chi connectivity index (χ4v) is 4.28. The number of imidazole rings is 1. The molecule has 0 saturated carbocycles. The van der Waals surface area contributed by atoms with Gasteiger partial charge in [-0.1, -0.05) is 18.2 Å². The molecule has 0 aliphatic heterocycles. The number of thiophene rings is 1. The molecule has 8 nitrogen and oxygen atoms in total. The van der Waals surface area contributed by atoms with Crippen molar-refractivity contribution in [2.75, 3.05) is 7.11 Å². The molecule has 160 valence electrons. The first kappa shape index (κ1) is 21.0. The molecule has 0 aliphatic rings. The molecule has 1 amide bonds. The summed E-state index contributed by atoms with van der Waals surface area (Å²) in [5, 5.41) is 12.2. The number of hydrogen-bond donors (Lipinski definition) is 2. The minimum absolute atomic E-state index is 0.115. The number of hydrogen-bond acceptors (Lipinski definition) is 6. The van der Waals surface area contributed by atoms with E-state index in [2.05, 4.69) is 20.5 Å². The van der Waals surface area contributed by atoms with E-state index in [-0.39, 0.29) is 12.3 Å². The van der Waals surface area contributed by atoms with Crippen molar-refractivity contribution >= 4 is 29.5 Å². The second-order valence-electron chi connectivity index (χ2n) is 6.90. The number of carbonyl (C=O) groups is 1. The molecule has 1 atom stereocenters. The van der Waals surface area contributed by atoms with E-state index in [0.717, 1.165) is 27.8 Å². The summed E-state index contributed by atoms with van der Waals surface area (Å²) in [7, 11) is 3.52. The molecule has 10 heteroatoms.